The van der Waals surface area contributed by atoms with Gasteiger partial charge in [0.05, 0.1) is 12.6 Å². The first-order valence-electron chi connectivity index (χ1n) is 8.71. The van der Waals surface area contributed by atoms with Crippen molar-refractivity contribution in [3.63, 3.8) is 0 Å². The average Bonchev–Trinajstić information content (AvgIpc) is 3.19. The Bertz CT molecular complexity index is 606. The van der Waals surface area contributed by atoms with E-state index in [1.54, 1.807) is 0 Å². The molecule has 0 saturated carbocycles. The summed E-state index contributed by atoms with van der Waals surface area (Å²) in [4.78, 5) is 2.50. The minimum Gasteiger partial charge on any atom is -0.494 e. The lowest BCUT2D eigenvalue weighted by Gasteiger charge is -2.22. The standard InChI is InChI=1S/C19H26N2O2/c1-3-6-17-13-18(20-23-17)19-7-5-12-21(19)14-15-8-10-16(11-9-15)22-4-2/h8-11,13,19H,3-7,12,14H2,1-2H3/t19-/m1/s1. The van der Waals surface area contributed by atoms with Gasteiger partial charge in [0.1, 0.15) is 17.2 Å². The molecule has 0 amide bonds. The van der Waals surface area contributed by atoms with Crippen molar-refractivity contribution in [1.82, 2.24) is 10.1 Å². The van der Waals surface area contributed by atoms with E-state index in [2.05, 4.69) is 47.3 Å². The van der Waals surface area contributed by atoms with Gasteiger partial charge in [0.2, 0.25) is 0 Å². The van der Waals surface area contributed by atoms with Gasteiger partial charge in [0, 0.05) is 19.0 Å². The van der Waals surface area contributed by atoms with Gasteiger partial charge in [-0.3, -0.25) is 4.90 Å². The van der Waals surface area contributed by atoms with Crippen LogP contribution in [0.2, 0.25) is 0 Å². The number of aryl methyl sites for hydroxylation is 1. The molecule has 4 nitrogen and oxygen atoms in total. The van der Waals surface area contributed by atoms with E-state index in [9.17, 15) is 0 Å². The van der Waals surface area contributed by atoms with E-state index < -0.39 is 0 Å². The summed E-state index contributed by atoms with van der Waals surface area (Å²) in [5, 5.41) is 4.31. The predicted molar refractivity (Wildman–Crippen MR) is 90.5 cm³/mol. The van der Waals surface area contributed by atoms with Gasteiger partial charge in [-0.25, -0.2) is 0 Å². The maximum absolute atomic E-state index is 5.51. The van der Waals surface area contributed by atoms with Crippen molar-refractivity contribution < 1.29 is 9.26 Å². The number of benzene rings is 1. The first-order chi connectivity index (χ1) is 11.3. The Hall–Kier alpha value is -1.81. The van der Waals surface area contributed by atoms with Crippen LogP contribution in [0.3, 0.4) is 0 Å². The molecule has 124 valence electrons. The van der Waals surface area contributed by atoms with E-state index in [0.717, 1.165) is 49.6 Å². The fraction of sp³-hybridized carbons (Fsp3) is 0.526. The highest BCUT2D eigenvalue weighted by molar-refractivity contribution is 5.27. The Kier molecular flexibility index (Phi) is 5.34. The first-order valence-corrected chi connectivity index (χ1v) is 8.71. The summed E-state index contributed by atoms with van der Waals surface area (Å²) in [6, 6.07) is 11.0. The van der Waals surface area contributed by atoms with Crippen molar-refractivity contribution in [2.75, 3.05) is 13.2 Å². The predicted octanol–water partition coefficient (Wildman–Crippen LogP) is 4.36. The Labute approximate surface area is 138 Å². The molecule has 1 aliphatic heterocycles. The number of rotatable bonds is 7. The summed E-state index contributed by atoms with van der Waals surface area (Å²) in [6.07, 6.45) is 4.45. The lowest BCUT2D eigenvalue weighted by molar-refractivity contribution is 0.236. The van der Waals surface area contributed by atoms with Crippen LogP contribution < -0.4 is 4.74 Å². The molecule has 1 aromatic heterocycles. The zero-order chi connectivity index (χ0) is 16.1. The molecule has 1 saturated heterocycles. The van der Waals surface area contributed by atoms with E-state index >= 15 is 0 Å². The molecule has 23 heavy (non-hydrogen) atoms. The molecule has 0 aliphatic carbocycles. The fourth-order valence-corrected chi connectivity index (χ4v) is 3.29. The normalized spacial score (nSPS) is 18.4. The molecular formula is C19H26N2O2. The first kappa shape index (κ1) is 16.1. The smallest absolute Gasteiger partial charge is 0.137 e. The van der Waals surface area contributed by atoms with E-state index in [4.69, 9.17) is 9.26 Å². The van der Waals surface area contributed by atoms with E-state index in [1.807, 2.05) is 6.92 Å². The number of aromatic nitrogens is 1. The molecule has 0 bridgehead atoms. The van der Waals surface area contributed by atoms with E-state index in [1.165, 1.54) is 12.0 Å². The topological polar surface area (TPSA) is 38.5 Å². The Morgan fingerprint density at radius 2 is 2.09 bits per heavy atom. The van der Waals surface area contributed by atoms with Gasteiger partial charge in [-0.2, -0.15) is 0 Å². The summed E-state index contributed by atoms with van der Waals surface area (Å²) in [7, 11) is 0. The SMILES string of the molecule is CCCc1cc([C@H]2CCCN2Cc2ccc(OCC)cc2)no1. The van der Waals surface area contributed by atoms with Crippen molar-refractivity contribution in [2.45, 2.75) is 52.1 Å². The van der Waals surface area contributed by atoms with Crippen LogP contribution in [0.15, 0.2) is 34.9 Å². The summed E-state index contributed by atoms with van der Waals surface area (Å²) in [5.41, 5.74) is 2.41. The molecule has 0 spiro atoms. The highest BCUT2D eigenvalue weighted by Crippen LogP contribution is 2.33. The lowest BCUT2D eigenvalue weighted by Crippen LogP contribution is -2.22. The maximum Gasteiger partial charge on any atom is 0.137 e. The summed E-state index contributed by atoms with van der Waals surface area (Å²) >= 11 is 0. The molecule has 0 N–H and O–H groups in total. The van der Waals surface area contributed by atoms with Gasteiger partial charge in [0.25, 0.3) is 0 Å². The summed E-state index contributed by atoms with van der Waals surface area (Å²) < 4.78 is 11.0. The fourth-order valence-electron chi connectivity index (χ4n) is 3.29. The molecule has 1 fully saturated rings. The van der Waals surface area contributed by atoms with Gasteiger partial charge in [0.15, 0.2) is 0 Å². The second kappa shape index (κ2) is 7.64. The summed E-state index contributed by atoms with van der Waals surface area (Å²) in [5.74, 6) is 1.95. The second-order valence-electron chi connectivity index (χ2n) is 6.17. The molecular weight excluding hydrogens is 288 g/mol. The van der Waals surface area contributed by atoms with Gasteiger partial charge in [-0.15, -0.1) is 0 Å². The number of likely N-dealkylation sites (tertiary alicyclic amines) is 1. The largest absolute Gasteiger partial charge is 0.494 e. The quantitative estimate of drug-likeness (QED) is 0.761. The third kappa shape index (κ3) is 3.94. The van der Waals surface area contributed by atoms with Crippen LogP contribution in [-0.2, 0) is 13.0 Å². The van der Waals surface area contributed by atoms with Crippen molar-refractivity contribution >= 4 is 0 Å². The number of hydrogen-bond donors (Lipinski definition) is 0. The van der Waals surface area contributed by atoms with Crippen molar-refractivity contribution in [2.24, 2.45) is 0 Å². The van der Waals surface area contributed by atoms with Crippen LogP contribution in [0.5, 0.6) is 5.75 Å². The monoisotopic (exact) mass is 314 g/mol. The minimum atomic E-state index is 0.385. The zero-order valence-corrected chi connectivity index (χ0v) is 14.1. The highest BCUT2D eigenvalue weighted by Gasteiger charge is 2.28. The maximum atomic E-state index is 5.51. The van der Waals surface area contributed by atoms with Gasteiger partial charge in [-0.1, -0.05) is 24.2 Å². The third-order valence-corrected chi connectivity index (χ3v) is 4.40. The van der Waals surface area contributed by atoms with Crippen LogP contribution >= 0.6 is 0 Å². The molecule has 0 unspecified atom stereocenters. The van der Waals surface area contributed by atoms with Crippen LogP contribution in [0.4, 0.5) is 0 Å². The number of ether oxygens (including phenoxy) is 1. The van der Waals surface area contributed by atoms with Gasteiger partial charge in [-0.05, 0) is 50.4 Å². The third-order valence-electron chi connectivity index (χ3n) is 4.40. The number of nitrogens with zero attached hydrogens (tertiary/aromatic N) is 2. The molecule has 1 aromatic carbocycles. The second-order valence-corrected chi connectivity index (χ2v) is 6.17. The van der Waals surface area contributed by atoms with Crippen LogP contribution in [0.1, 0.15) is 56.2 Å². The van der Waals surface area contributed by atoms with E-state index in [0.29, 0.717) is 12.6 Å². The van der Waals surface area contributed by atoms with Crippen LogP contribution in [0, 0.1) is 0 Å². The lowest BCUT2D eigenvalue weighted by atomic mass is 10.1. The molecule has 4 heteroatoms. The van der Waals surface area contributed by atoms with Crippen molar-refractivity contribution in [3.8, 4) is 5.75 Å². The van der Waals surface area contributed by atoms with Crippen molar-refractivity contribution in [3.05, 3.63) is 47.3 Å². The minimum absolute atomic E-state index is 0.385. The molecule has 2 aromatic rings. The van der Waals surface area contributed by atoms with Gasteiger partial charge < -0.3 is 9.26 Å². The van der Waals surface area contributed by atoms with Crippen molar-refractivity contribution in [1.29, 1.82) is 0 Å². The Morgan fingerprint density at radius 1 is 1.26 bits per heavy atom. The molecule has 0 radical (unpaired) electrons. The molecule has 1 aliphatic rings. The Morgan fingerprint density at radius 3 is 2.83 bits per heavy atom. The van der Waals surface area contributed by atoms with Crippen LogP contribution in [-0.4, -0.2) is 23.2 Å². The van der Waals surface area contributed by atoms with Crippen LogP contribution in [0.25, 0.3) is 0 Å². The Balaban J connectivity index is 1.66. The number of hydrogen-bond acceptors (Lipinski definition) is 4. The molecule has 1 atom stereocenters. The summed E-state index contributed by atoms with van der Waals surface area (Å²) in [6.45, 7) is 6.95. The average molecular weight is 314 g/mol. The highest BCUT2D eigenvalue weighted by atomic mass is 16.5. The molecule has 2 heterocycles. The zero-order valence-electron chi connectivity index (χ0n) is 14.1. The van der Waals surface area contributed by atoms with Gasteiger partial charge >= 0.3 is 0 Å². The van der Waals surface area contributed by atoms with E-state index in [-0.39, 0.29) is 0 Å². The molecule has 3 rings (SSSR count).